The summed E-state index contributed by atoms with van der Waals surface area (Å²) in [5.74, 6) is 0.505. The quantitative estimate of drug-likeness (QED) is 0.321. The predicted octanol–water partition coefficient (Wildman–Crippen LogP) is 6.64. The number of ketones is 1. The Morgan fingerprint density at radius 3 is 2.58 bits per heavy atom. The summed E-state index contributed by atoms with van der Waals surface area (Å²) in [5.41, 5.74) is 2.53. The number of rotatable bonds is 5. The van der Waals surface area contributed by atoms with Gasteiger partial charge in [-0.2, -0.15) is 0 Å². The number of allylic oxidation sites excluding steroid dienone is 4. The van der Waals surface area contributed by atoms with Crippen LogP contribution in [0.1, 0.15) is 99.8 Å². The maximum absolute atomic E-state index is 13.1. The highest BCUT2D eigenvalue weighted by atomic mass is 16.6. The second kappa shape index (κ2) is 9.29. The zero-order valence-electron chi connectivity index (χ0n) is 24.9. The Labute approximate surface area is 229 Å². The molecule has 1 saturated heterocycles. The molecule has 0 spiro atoms. The number of ether oxygens (including phenoxy) is 2. The molecule has 212 valence electrons. The molecule has 1 N–H and O–H groups in total. The summed E-state index contributed by atoms with van der Waals surface area (Å²) < 4.78 is 11.6. The van der Waals surface area contributed by atoms with E-state index in [1.807, 2.05) is 0 Å². The number of methoxy groups -OCH3 is 1. The average Bonchev–Trinajstić information content (AvgIpc) is 3.28. The van der Waals surface area contributed by atoms with Crippen molar-refractivity contribution in [3.63, 3.8) is 0 Å². The monoisotopic (exact) mass is 526 g/mol. The molecule has 5 rings (SSSR count). The largest absolute Gasteiger partial charge is 0.469 e. The second-order valence-corrected chi connectivity index (χ2v) is 14.8. The van der Waals surface area contributed by atoms with Crippen LogP contribution in [0.15, 0.2) is 23.3 Å². The molecule has 5 aliphatic rings. The molecule has 3 saturated carbocycles. The van der Waals surface area contributed by atoms with Crippen molar-refractivity contribution in [1.82, 2.24) is 0 Å². The Morgan fingerprint density at radius 2 is 1.92 bits per heavy atom. The minimum absolute atomic E-state index is 0.0518. The van der Waals surface area contributed by atoms with E-state index < -0.39 is 6.29 Å². The van der Waals surface area contributed by atoms with E-state index in [1.165, 1.54) is 12.7 Å². The zero-order valence-corrected chi connectivity index (χ0v) is 24.9. The van der Waals surface area contributed by atoms with Gasteiger partial charge in [0.2, 0.25) is 0 Å². The third-order valence-electron chi connectivity index (χ3n) is 12.7. The topological polar surface area (TPSA) is 72.8 Å². The van der Waals surface area contributed by atoms with E-state index >= 15 is 0 Å². The Bertz CT molecular complexity index is 1050. The molecule has 0 aromatic rings. The normalized spacial score (nSPS) is 45.7. The van der Waals surface area contributed by atoms with Crippen molar-refractivity contribution in [2.24, 2.45) is 51.2 Å². The number of aliphatic hydroxyl groups is 1. The SMILES string of the molecule is COC(=O)[C@H](CCC=C(C)C)[C@H]1[C@@H]2[C@H](C[C@]3(C)C4=CC[C@H]5C(C)(C)C(=O)CC[C@]5(C)C4CC[C@@]23C)O[C@@H]1O. The summed E-state index contributed by atoms with van der Waals surface area (Å²) in [6.45, 7) is 15.8. The molecular formula is C33H50O5. The van der Waals surface area contributed by atoms with Crippen molar-refractivity contribution in [1.29, 1.82) is 0 Å². The third kappa shape index (κ3) is 3.77. The lowest BCUT2D eigenvalue weighted by Gasteiger charge is -2.63. The molecule has 4 aliphatic carbocycles. The van der Waals surface area contributed by atoms with E-state index in [-0.39, 0.29) is 51.5 Å². The minimum Gasteiger partial charge on any atom is -0.469 e. The first-order valence-corrected chi connectivity index (χ1v) is 15.0. The molecular weight excluding hydrogens is 476 g/mol. The van der Waals surface area contributed by atoms with E-state index in [1.54, 1.807) is 5.57 Å². The van der Waals surface area contributed by atoms with Crippen LogP contribution < -0.4 is 0 Å². The lowest BCUT2D eigenvalue weighted by molar-refractivity contribution is -0.162. The van der Waals surface area contributed by atoms with E-state index in [0.29, 0.717) is 30.5 Å². The van der Waals surface area contributed by atoms with Gasteiger partial charge >= 0.3 is 5.97 Å². The van der Waals surface area contributed by atoms with Gasteiger partial charge in [-0.05, 0) is 92.8 Å². The number of carbonyl (C=O) groups excluding carboxylic acids is 2. The van der Waals surface area contributed by atoms with Crippen LogP contribution in [0.5, 0.6) is 0 Å². The molecule has 1 aliphatic heterocycles. The lowest BCUT2D eigenvalue weighted by atomic mass is 9.41. The fourth-order valence-electron chi connectivity index (χ4n) is 10.5. The molecule has 4 fully saturated rings. The highest BCUT2D eigenvalue weighted by molar-refractivity contribution is 5.85. The predicted molar refractivity (Wildman–Crippen MR) is 148 cm³/mol. The Balaban J connectivity index is 1.51. The molecule has 0 amide bonds. The number of Topliss-reactive ketones (excluding diaryl/α,β-unsaturated/α-hetero) is 1. The summed E-state index contributed by atoms with van der Waals surface area (Å²) in [7, 11) is 1.46. The molecule has 1 unspecified atom stereocenters. The molecule has 0 bridgehead atoms. The van der Waals surface area contributed by atoms with Crippen molar-refractivity contribution in [3.05, 3.63) is 23.3 Å². The van der Waals surface area contributed by atoms with Crippen molar-refractivity contribution >= 4 is 11.8 Å². The van der Waals surface area contributed by atoms with Gasteiger partial charge in [0.15, 0.2) is 6.29 Å². The van der Waals surface area contributed by atoms with Crippen molar-refractivity contribution in [2.45, 2.75) is 112 Å². The molecule has 0 aromatic carbocycles. The van der Waals surface area contributed by atoms with Crippen molar-refractivity contribution in [3.8, 4) is 0 Å². The fraction of sp³-hybridized carbons (Fsp3) is 0.818. The minimum atomic E-state index is -0.938. The number of hydrogen-bond donors (Lipinski definition) is 1. The van der Waals surface area contributed by atoms with Gasteiger partial charge in [-0.25, -0.2) is 0 Å². The Morgan fingerprint density at radius 1 is 1.21 bits per heavy atom. The van der Waals surface area contributed by atoms with Crippen LogP contribution >= 0.6 is 0 Å². The molecule has 1 heterocycles. The number of hydrogen-bond acceptors (Lipinski definition) is 5. The first-order chi connectivity index (χ1) is 17.7. The van der Waals surface area contributed by atoms with E-state index in [2.05, 4.69) is 60.6 Å². The molecule has 0 aromatic heterocycles. The maximum atomic E-state index is 13.1. The third-order valence-corrected chi connectivity index (χ3v) is 12.7. The van der Waals surface area contributed by atoms with Gasteiger partial charge < -0.3 is 14.6 Å². The summed E-state index contributed by atoms with van der Waals surface area (Å²) in [5, 5.41) is 11.2. The van der Waals surface area contributed by atoms with Crippen LogP contribution in [0.3, 0.4) is 0 Å². The highest BCUT2D eigenvalue weighted by Crippen LogP contribution is 2.75. The highest BCUT2D eigenvalue weighted by Gasteiger charge is 2.71. The van der Waals surface area contributed by atoms with Crippen LogP contribution in [0.4, 0.5) is 0 Å². The lowest BCUT2D eigenvalue weighted by Crippen LogP contribution is -2.57. The van der Waals surface area contributed by atoms with Gasteiger partial charge in [-0.15, -0.1) is 0 Å². The van der Waals surface area contributed by atoms with Crippen LogP contribution in [0.25, 0.3) is 0 Å². The van der Waals surface area contributed by atoms with Crippen molar-refractivity contribution in [2.75, 3.05) is 7.11 Å². The van der Waals surface area contributed by atoms with Crippen LogP contribution in [0, 0.1) is 51.2 Å². The first kappa shape index (κ1) is 28.1. The second-order valence-electron chi connectivity index (χ2n) is 14.8. The summed E-state index contributed by atoms with van der Waals surface area (Å²) >= 11 is 0. The standard InChI is InChI=1S/C33H50O5/c1-19(2)10-9-11-20(28(35)37-8)26-27-23(38-29(26)36)18-33(7)22-12-13-24-30(3,4)25(34)15-16-31(24,5)21(22)14-17-32(27,33)6/h10,12,20-21,23-24,26-27,29,36H,9,11,13-18H2,1-8H3/t20-,21?,23+,24+,26+,27+,29+,31-,32+,33-/m1/s1. The summed E-state index contributed by atoms with van der Waals surface area (Å²) in [4.78, 5) is 26.0. The first-order valence-electron chi connectivity index (χ1n) is 15.0. The number of esters is 1. The summed E-state index contributed by atoms with van der Waals surface area (Å²) in [6, 6.07) is 0. The summed E-state index contributed by atoms with van der Waals surface area (Å²) in [6.07, 6.45) is 10.8. The van der Waals surface area contributed by atoms with Gasteiger partial charge in [0, 0.05) is 17.8 Å². The molecule has 10 atom stereocenters. The Kier molecular flexibility index (Phi) is 6.87. The van der Waals surface area contributed by atoms with Crippen LogP contribution in [0.2, 0.25) is 0 Å². The smallest absolute Gasteiger partial charge is 0.309 e. The Hall–Kier alpha value is -1.46. The molecule has 0 radical (unpaired) electrons. The maximum Gasteiger partial charge on any atom is 0.309 e. The number of fused-ring (bicyclic) bond motifs is 7. The van der Waals surface area contributed by atoms with E-state index in [0.717, 1.165) is 38.5 Å². The zero-order chi connectivity index (χ0) is 27.8. The molecule has 5 nitrogen and oxygen atoms in total. The van der Waals surface area contributed by atoms with Gasteiger partial charge in [0.05, 0.1) is 19.1 Å². The van der Waals surface area contributed by atoms with E-state index in [4.69, 9.17) is 9.47 Å². The van der Waals surface area contributed by atoms with Gasteiger partial charge in [0.25, 0.3) is 0 Å². The van der Waals surface area contributed by atoms with Gasteiger partial charge in [0.1, 0.15) is 5.78 Å². The molecule has 5 heteroatoms. The van der Waals surface area contributed by atoms with Crippen molar-refractivity contribution < 1.29 is 24.2 Å². The number of carbonyl (C=O) groups is 2. The van der Waals surface area contributed by atoms with Gasteiger partial charge in [-0.1, -0.05) is 57.9 Å². The van der Waals surface area contributed by atoms with Crippen LogP contribution in [-0.4, -0.2) is 36.4 Å². The van der Waals surface area contributed by atoms with Crippen LogP contribution in [-0.2, 0) is 19.1 Å². The number of aliphatic hydroxyl groups excluding tert-OH is 1. The molecule has 38 heavy (non-hydrogen) atoms. The fourth-order valence-corrected chi connectivity index (χ4v) is 10.5. The average molecular weight is 527 g/mol. The van der Waals surface area contributed by atoms with E-state index in [9.17, 15) is 14.7 Å². The van der Waals surface area contributed by atoms with Gasteiger partial charge in [-0.3, -0.25) is 9.59 Å².